The number of esters is 2. The first-order chi connectivity index (χ1) is 17.1. The van der Waals surface area contributed by atoms with Gasteiger partial charge in [0, 0.05) is 6.21 Å². The van der Waals surface area contributed by atoms with Gasteiger partial charge < -0.3 is 14.2 Å². The summed E-state index contributed by atoms with van der Waals surface area (Å²) < 4.78 is 15.9. The predicted molar refractivity (Wildman–Crippen MR) is 137 cm³/mol. The Kier molecular flexibility index (Phi) is 10.1. The summed E-state index contributed by atoms with van der Waals surface area (Å²) in [4.78, 5) is 29.0. The van der Waals surface area contributed by atoms with Crippen molar-refractivity contribution in [3.05, 3.63) is 89.5 Å². The van der Waals surface area contributed by atoms with Gasteiger partial charge in [0.25, 0.3) is 0 Å². The fourth-order valence-corrected chi connectivity index (χ4v) is 3.30. The number of rotatable bonds is 12. The summed E-state index contributed by atoms with van der Waals surface area (Å²) in [7, 11) is 1.62. The Balaban J connectivity index is 1.48. The molecule has 35 heavy (non-hydrogen) atoms. The van der Waals surface area contributed by atoms with Crippen molar-refractivity contribution in [3.63, 3.8) is 0 Å². The van der Waals surface area contributed by atoms with Crippen LogP contribution in [0.2, 0.25) is 0 Å². The lowest BCUT2D eigenvalue weighted by Crippen LogP contribution is -2.09. The van der Waals surface area contributed by atoms with E-state index in [1.807, 2.05) is 24.3 Å². The van der Waals surface area contributed by atoms with E-state index in [0.717, 1.165) is 30.6 Å². The SMILES string of the molecule is CCCCCCCOC(=O)c1ccc(OC(=O)c2ccc(N=Cc3ccc(OC)cc3)cc2)cc1. The maximum absolute atomic E-state index is 12.5. The van der Waals surface area contributed by atoms with Gasteiger partial charge in [0.05, 0.1) is 30.5 Å². The van der Waals surface area contributed by atoms with Crippen LogP contribution < -0.4 is 9.47 Å². The largest absolute Gasteiger partial charge is 0.497 e. The van der Waals surface area contributed by atoms with Crippen molar-refractivity contribution < 1.29 is 23.8 Å². The summed E-state index contributed by atoms with van der Waals surface area (Å²) in [6.07, 6.45) is 7.22. The molecule has 0 saturated heterocycles. The van der Waals surface area contributed by atoms with E-state index in [1.54, 1.807) is 61.9 Å². The number of carbonyl (C=O) groups is 2. The molecule has 3 rings (SSSR count). The van der Waals surface area contributed by atoms with Crippen LogP contribution in [0.25, 0.3) is 0 Å². The van der Waals surface area contributed by atoms with Crippen molar-refractivity contribution in [3.8, 4) is 11.5 Å². The summed E-state index contributed by atoms with van der Waals surface area (Å²) in [6, 6.07) is 20.7. The number of methoxy groups -OCH3 is 1. The number of nitrogens with zero attached hydrogens (tertiary/aromatic N) is 1. The average molecular weight is 474 g/mol. The van der Waals surface area contributed by atoms with E-state index in [1.165, 1.54) is 12.8 Å². The van der Waals surface area contributed by atoms with Gasteiger partial charge in [0.1, 0.15) is 11.5 Å². The highest BCUT2D eigenvalue weighted by Gasteiger charge is 2.11. The molecule has 6 nitrogen and oxygen atoms in total. The second-order valence-corrected chi connectivity index (χ2v) is 8.04. The van der Waals surface area contributed by atoms with Crippen molar-refractivity contribution in [2.24, 2.45) is 4.99 Å². The lowest BCUT2D eigenvalue weighted by molar-refractivity contribution is 0.0497. The lowest BCUT2D eigenvalue weighted by atomic mass is 10.2. The first kappa shape index (κ1) is 25.7. The summed E-state index contributed by atoms with van der Waals surface area (Å²) >= 11 is 0. The molecule has 0 fully saturated rings. The second kappa shape index (κ2) is 13.7. The molecule has 3 aromatic carbocycles. The number of aliphatic imine (C=N–C) groups is 1. The number of ether oxygens (including phenoxy) is 3. The maximum Gasteiger partial charge on any atom is 0.343 e. The molecule has 6 heteroatoms. The van der Waals surface area contributed by atoms with Crippen LogP contribution in [0.1, 0.15) is 65.3 Å². The van der Waals surface area contributed by atoms with Crippen LogP contribution in [0.4, 0.5) is 5.69 Å². The van der Waals surface area contributed by atoms with Crippen LogP contribution in [0.15, 0.2) is 77.8 Å². The third-order valence-corrected chi connectivity index (χ3v) is 5.36. The molecule has 0 aliphatic carbocycles. The zero-order valence-corrected chi connectivity index (χ0v) is 20.2. The normalized spacial score (nSPS) is 10.8. The summed E-state index contributed by atoms with van der Waals surface area (Å²) in [6.45, 7) is 2.58. The molecule has 0 amide bonds. The molecule has 0 aliphatic heterocycles. The number of benzene rings is 3. The van der Waals surface area contributed by atoms with Gasteiger partial charge in [-0.3, -0.25) is 4.99 Å². The fraction of sp³-hybridized carbons (Fsp3) is 0.276. The number of hydrogen-bond donors (Lipinski definition) is 0. The molecule has 0 aliphatic rings. The molecule has 0 spiro atoms. The van der Waals surface area contributed by atoms with Crippen LogP contribution >= 0.6 is 0 Å². The van der Waals surface area contributed by atoms with E-state index in [2.05, 4.69) is 11.9 Å². The minimum absolute atomic E-state index is 0.354. The Labute approximate surface area is 206 Å². The molecule has 0 radical (unpaired) electrons. The van der Waals surface area contributed by atoms with Crippen LogP contribution in [0.3, 0.4) is 0 Å². The second-order valence-electron chi connectivity index (χ2n) is 8.04. The van der Waals surface area contributed by atoms with Crippen LogP contribution in [-0.2, 0) is 4.74 Å². The zero-order chi connectivity index (χ0) is 24.9. The minimum atomic E-state index is -0.488. The van der Waals surface area contributed by atoms with Gasteiger partial charge in [0.15, 0.2) is 0 Å². The van der Waals surface area contributed by atoms with Gasteiger partial charge in [-0.25, -0.2) is 9.59 Å². The molecule has 0 saturated carbocycles. The molecule has 0 unspecified atom stereocenters. The van der Waals surface area contributed by atoms with Crippen molar-refractivity contribution in [1.29, 1.82) is 0 Å². The molecular formula is C29H31NO5. The topological polar surface area (TPSA) is 74.2 Å². The van der Waals surface area contributed by atoms with E-state index in [9.17, 15) is 9.59 Å². The molecular weight excluding hydrogens is 442 g/mol. The lowest BCUT2D eigenvalue weighted by Gasteiger charge is -2.07. The van der Waals surface area contributed by atoms with Gasteiger partial charge in [-0.05, 0) is 84.8 Å². The highest BCUT2D eigenvalue weighted by molar-refractivity contribution is 5.92. The first-order valence-corrected chi connectivity index (χ1v) is 11.9. The third-order valence-electron chi connectivity index (χ3n) is 5.36. The Morgan fingerprint density at radius 3 is 2.00 bits per heavy atom. The molecule has 3 aromatic rings. The van der Waals surface area contributed by atoms with Crippen molar-refractivity contribution in [2.45, 2.75) is 39.0 Å². The fourth-order valence-electron chi connectivity index (χ4n) is 3.30. The van der Waals surface area contributed by atoms with Crippen molar-refractivity contribution in [2.75, 3.05) is 13.7 Å². The van der Waals surface area contributed by atoms with Crippen LogP contribution in [0, 0.1) is 0 Å². The smallest absolute Gasteiger partial charge is 0.343 e. The maximum atomic E-state index is 12.5. The predicted octanol–water partition coefficient (Wildman–Crippen LogP) is 6.79. The van der Waals surface area contributed by atoms with Gasteiger partial charge in [0.2, 0.25) is 0 Å². The van der Waals surface area contributed by atoms with E-state index in [4.69, 9.17) is 14.2 Å². The Morgan fingerprint density at radius 1 is 0.743 bits per heavy atom. The van der Waals surface area contributed by atoms with Crippen LogP contribution in [0.5, 0.6) is 11.5 Å². The van der Waals surface area contributed by atoms with Gasteiger partial charge >= 0.3 is 11.9 Å². The Morgan fingerprint density at radius 2 is 1.34 bits per heavy atom. The molecule has 0 bridgehead atoms. The molecule has 182 valence electrons. The van der Waals surface area contributed by atoms with E-state index in [-0.39, 0.29) is 5.97 Å². The minimum Gasteiger partial charge on any atom is -0.497 e. The Hall–Kier alpha value is -3.93. The number of unbranched alkanes of at least 4 members (excludes halogenated alkanes) is 4. The highest BCUT2D eigenvalue weighted by Crippen LogP contribution is 2.18. The molecule has 0 aromatic heterocycles. The van der Waals surface area contributed by atoms with E-state index >= 15 is 0 Å². The van der Waals surface area contributed by atoms with Gasteiger partial charge in [-0.1, -0.05) is 32.6 Å². The van der Waals surface area contributed by atoms with Crippen molar-refractivity contribution in [1.82, 2.24) is 0 Å². The first-order valence-electron chi connectivity index (χ1n) is 11.9. The quantitative estimate of drug-likeness (QED) is 0.125. The average Bonchev–Trinajstić information content (AvgIpc) is 2.90. The zero-order valence-electron chi connectivity index (χ0n) is 20.2. The highest BCUT2D eigenvalue weighted by atomic mass is 16.5. The Bertz CT molecular complexity index is 1100. The van der Waals surface area contributed by atoms with Gasteiger partial charge in [-0.2, -0.15) is 0 Å². The summed E-state index contributed by atoms with van der Waals surface area (Å²) in [5.74, 6) is 0.280. The van der Waals surface area contributed by atoms with E-state index in [0.29, 0.717) is 29.2 Å². The number of carbonyl (C=O) groups excluding carboxylic acids is 2. The monoisotopic (exact) mass is 473 g/mol. The summed E-state index contributed by atoms with van der Waals surface area (Å²) in [5.41, 5.74) is 2.48. The molecule has 0 heterocycles. The standard InChI is InChI=1S/C29H31NO5/c1-3-4-5-6-7-20-34-28(31)23-12-18-27(19-13-23)35-29(32)24-10-14-25(15-11-24)30-21-22-8-16-26(33-2)17-9-22/h8-19,21H,3-7,20H2,1-2H3. The van der Waals surface area contributed by atoms with E-state index < -0.39 is 5.97 Å². The molecule has 0 atom stereocenters. The third kappa shape index (κ3) is 8.41. The summed E-state index contributed by atoms with van der Waals surface area (Å²) in [5, 5.41) is 0. The van der Waals surface area contributed by atoms with Crippen LogP contribution in [-0.4, -0.2) is 31.9 Å². The van der Waals surface area contributed by atoms with Crippen molar-refractivity contribution >= 4 is 23.8 Å². The van der Waals surface area contributed by atoms with Gasteiger partial charge in [-0.15, -0.1) is 0 Å². The molecule has 0 N–H and O–H groups in total. The number of hydrogen-bond acceptors (Lipinski definition) is 6.